The van der Waals surface area contributed by atoms with E-state index < -0.39 is 0 Å². The fraction of sp³-hybridized carbons (Fsp3) is 0.438. The second-order valence-electron chi connectivity index (χ2n) is 5.20. The van der Waals surface area contributed by atoms with Gasteiger partial charge in [-0.1, -0.05) is 0 Å². The van der Waals surface area contributed by atoms with Crippen LogP contribution in [-0.4, -0.2) is 47.9 Å². The van der Waals surface area contributed by atoms with Gasteiger partial charge in [-0.25, -0.2) is 4.98 Å². The lowest BCUT2D eigenvalue weighted by molar-refractivity contribution is -0.121. The van der Waals surface area contributed by atoms with Crippen LogP contribution in [0.25, 0.3) is 10.9 Å². The molecule has 8 nitrogen and oxygen atoms in total. The van der Waals surface area contributed by atoms with Gasteiger partial charge in [-0.2, -0.15) is 0 Å². The molecule has 1 heterocycles. The number of nitrogens with zero attached hydrogens (tertiary/aromatic N) is 2. The van der Waals surface area contributed by atoms with Crippen LogP contribution in [-0.2, 0) is 11.3 Å². The number of ether oxygens (including phenoxy) is 2. The summed E-state index contributed by atoms with van der Waals surface area (Å²) in [7, 11) is 2.99. The van der Waals surface area contributed by atoms with Crippen molar-refractivity contribution < 1.29 is 19.4 Å². The van der Waals surface area contributed by atoms with E-state index in [1.165, 1.54) is 18.8 Å². The Morgan fingerprint density at radius 1 is 1.29 bits per heavy atom. The zero-order valence-corrected chi connectivity index (χ0v) is 14.0. The molecule has 0 aliphatic carbocycles. The quantitative estimate of drug-likeness (QED) is 0.702. The number of hydrogen-bond acceptors (Lipinski definition) is 6. The van der Waals surface area contributed by atoms with Gasteiger partial charge in [0, 0.05) is 19.2 Å². The first-order valence-corrected chi connectivity index (χ1v) is 7.52. The molecule has 0 saturated carbocycles. The third-order valence-corrected chi connectivity index (χ3v) is 3.61. The van der Waals surface area contributed by atoms with Crippen LogP contribution in [0.2, 0.25) is 0 Å². The number of rotatable bonds is 7. The van der Waals surface area contributed by atoms with Crippen LogP contribution in [0.4, 0.5) is 0 Å². The highest BCUT2D eigenvalue weighted by molar-refractivity contribution is 5.82. The van der Waals surface area contributed by atoms with Crippen LogP contribution >= 0.6 is 0 Å². The monoisotopic (exact) mass is 335 g/mol. The van der Waals surface area contributed by atoms with Crippen molar-refractivity contribution in [2.24, 2.45) is 0 Å². The Kier molecular flexibility index (Phi) is 5.75. The number of aliphatic hydroxyl groups excluding tert-OH is 1. The summed E-state index contributed by atoms with van der Waals surface area (Å²) in [5.41, 5.74) is 0.155. The molecule has 0 aliphatic heterocycles. The number of carbonyl (C=O) groups excluding carboxylic acids is 1. The van der Waals surface area contributed by atoms with Crippen LogP contribution in [0.1, 0.15) is 12.2 Å². The standard InChI is InChI=1S/C16H21N3O5/c1-10-18-12-8-14(24-3)13(23-2)7-11(12)16(22)19(10)9-15(21)17-5-4-6-20/h7-8,20H,4-6,9H2,1-3H3,(H,17,21). The number of hydrogen-bond donors (Lipinski definition) is 2. The molecule has 1 aromatic heterocycles. The molecule has 1 aromatic carbocycles. The van der Waals surface area contributed by atoms with Gasteiger partial charge in [-0.15, -0.1) is 0 Å². The summed E-state index contributed by atoms with van der Waals surface area (Å²) in [6.45, 7) is 1.89. The van der Waals surface area contributed by atoms with E-state index in [1.807, 2.05) is 0 Å². The molecule has 0 saturated heterocycles. The van der Waals surface area contributed by atoms with E-state index in [4.69, 9.17) is 14.6 Å². The van der Waals surface area contributed by atoms with Crippen LogP contribution in [0.5, 0.6) is 11.5 Å². The van der Waals surface area contributed by atoms with Gasteiger partial charge in [0.15, 0.2) is 11.5 Å². The Labute approximate surface area is 139 Å². The summed E-state index contributed by atoms with van der Waals surface area (Å²) in [4.78, 5) is 29.0. The lowest BCUT2D eigenvalue weighted by Gasteiger charge is -2.13. The molecule has 0 radical (unpaired) electrons. The van der Waals surface area contributed by atoms with E-state index in [1.54, 1.807) is 19.1 Å². The summed E-state index contributed by atoms with van der Waals surface area (Å²) in [6.07, 6.45) is 0.465. The van der Waals surface area contributed by atoms with Gasteiger partial charge in [0.1, 0.15) is 12.4 Å². The second kappa shape index (κ2) is 7.78. The topological polar surface area (TPSA) is 103 Å². The number of fused-ring (bicyclic) bond motifs is 1. The number of methoxy groups -OCH3 is 2. The third-order valence-electron chi connectivity index (χ3n) is 3.61. The Morgan fingerprint density at radius 2 is 1.96 bits per heavy atom. The van der Waals surface area contributed by atoms with Crippen molar-refractivity contribution in [3.63, 3.8) is 0 Å². The Bertz CT molecular complexity index is 800. The molecule has 24 heavy (non-hydrogen) atoms. The fourth-order valence-corrected chi connectivity index (χ4v) is 2.35. The first-order valence-electron chi connectivity index (χ1n) is 7.52. The molecular weight excluding hydrogens is 314 g/mol. The van der Waals surface area contributed by atoms with E-state index in [2.05, 4.69) is 10.3 Å². The molecule has 0 unspecified atom stereocenters. The first-order chi connectivity index (χ1) is 11.5. The molecular formula is C16H21N3O5. The normalized spacial score (nSPS) is 10.7. The first kappa shape index (κ1) is 17.7. The Morgan fingerprint density at radius 3 is 2.58 bits per heavy atom. The molecule has 1 amide bonds. The number of benzene rings is 1. The summed E-state index contributed by atoms with van der Waals surface area (Å²) >= 11 is 0. The zero-order chi connectivity index (χ0) is 17.7. The minimum absolute atomic E-state index is 0.00157. The average molecular weight is 335 g/mol. The van der Waals surface area contributed by atoms with Crippen molar-refractivity contribution in [3.05, 3.63) is 28.3 Å². The molecule has 2 N–H and O–H groups in total. The summed E-state index contributed by atoms with van der Waals surface area (Å²) in [6, 6.07) is 3.19. The molecule has 0 spiro atoms. The number of aryl methyl sites for hydroxylation is 1. The third kappa shape index (κ3) is 3.65. The molecule has 0 bridgehead atoms. The van der Waals surface area contributed by atoms with Crippen molar-refractivity contribution >= 4 is 16.8 Å². The van der Waals surface area contributed by atoms with Gasteiger partial charge in [-0.3, -0.25) is 14.2 Å². The summed E-state index contributed by atoms with van der Waals surface area (Å²) in [5.74, 6) is 1.02. The number of nitrogens with one attached hydrogen (secondary N) is 1. The lowest BCUT2D eigenvalue weighted by atomic mass is 10.2. The molecule has 2 aromatic rings. The largest absolute Gasteiger partial charge is 0.493 e. The van der Waals surface area contributed by atoms with E-state index in [-0.39, 0.29) is 24.6 Å². The average Bonchev–Trinajstić information content (AvgIpc) is 2.57. The molecule has 8 heteroatoms. The van der Waals surface area contributed by atoms with E-state index in [0.717, 1.165) is 0 Å². The molecule has 0 atom stereocenters. The van der Waals surface area contributed by atoms with Crippen LogP contribution in [0, 0.1) is 6.92 Å². The van der Waals surface area contributed by atoms with Crippen LogP contribution < -0.4 is 20.3 Å². The molecule has 2 rings (SSSR count). The predicted molar refractivity (Wildman–Crippen MR) is 88.6 cm³/mol. The minimum atomic E-state index is -0.323. The second-order valence-corrected chi connectivity index (χ2v) is 5.20. The summed E-state index contributed by atoms with van der Waals surface area (Å²) < 4.78 is 11.7. The maximum absolute atomic E-state index is 12.7. The number of amides is 1. The smallest absolute Gasteiger partial charge is 0.262 e. The minimum Gasteiger partial charge on any atom is -0.493 e. The molecule has 0 aliphatic rings. The van der Waals surface area contributed by atoms with E-state index in [9.17, 15) is 9.59 Å². The highest BCUT2D eigenvalue weighted by atomic mass is 16.5. The van der Waals surface area contributed by atoms with Crippen LogP contribution in [0.3, 0.4) is 0 Å². The van der Waals surface area contributed by atoms with Crippen molar-refractivity contribution in [2.45, 2.75) is 19.9 Å². The maximum atomic E-state index is 12.7. The van der Waals surface area contributed by atoms with Crippen LogP contribution in [0.15, 0.2) is 16.9 Å². The molecule has 130 valence electrons. The zero-order valence-electron chi connectivity index (χ0n) is 14.0. The lowest BCUT2D eigenvalue weighted by Crippen LogP contribution is -2.34. The van der Waals surface area contributed by atoms with Gasteiger partial charge in [0.25, 0.3) is 5.56 Å². The van der Waals surface area contributed by atoms with Gasteiger partial charge < -0.3 is 19.9 Å². The summed E-state index contributed by atoms with van der Waals surface area (Å²) in [5, 5.41) is 11.7. The van der Waals surface area contributed by atoms with E-state index >= 15 is 0 Å². The highest BCUT2D eigenvalue weighted by Crippen LogP contribution is 2.30. The highest BCUT2D eigenvalue weighted by Gasteiger charge is 2.14. The van der Waals surface area contributed by atoms with Gasteiger partial charge in [0.05, 0.1) is 25.1 Å². The fourth-order valence-electron chi connectivity index (χ4n) is 2.35. The van der Waals surface area contributed by atoms with Crippen molar-refractivity contribution in [1.29, 1.82) is 0 Å². The predicted octanol–water partition coefficient (Wildman–Crippen LogP) is 0.221. The van der Waals surface area contributed by atoms with Crippen molar-refractivity contribution in [3.8, 4) is 11.5 Å². The maximum Gasteiger partial charge on any atom is 0.262 e. The number of carbonyl (C=O) groups is 1. The van der Waals surface area contributed by atoms with Crippen molar-refractivity contribution in [1.82, 2.24) is 14.9 Å². The number of aliphatic hydroxyl groups is 1. The van der Waals surface area contributed by atoms with Gasteiger partial charge >= 0.3 is 0 Å². The van der Waals surface area contributed by atoms with Crippen molar-refractivity contribution in [2.75, 3.05) is 27.4 Å². The Hall–Kier alpha value is -2.61. The van der Waals surface area contributed by atoms with Gasteiger partial charge in [0.2, 0.25) is 5.91 Å². The van der Waals surface area contributed by atoms with Gasteiger partial charge in [-0.05, 0) is 19.4 Å². The van der Waals surface area contributed by atoms with E-state index in [0.29, 0.717) is 41.2 Å². The SMILES string of the molecule is COc1cc2nc(C)n(CC(=O)NCCCO)c(=O)c2cc1OC. The number of aromatic nitrogens is 2. The Balaban J connectivity index is 2.41. The molecule has 0 fully saturated rings.